The van der Waals surface area contributed by atoms with Gasteiger partial charge in [0.15, 0.2) is 0 Å². The number of hydrogen-bond acceptors (Lipinski definition) is 2. The van der Waals surface area contributed by atoms with Crippen LogP contribution in [0.4, 0.5) is 5.69 Å². The predicted molar refractivity (Wildman–Crippen MR) is 115 cm³/mol. The maximum atomic E-state index is 5.10. The zero-order valence-corrected chi connectivity index (χ0v) is 16.3. The first kappa shape index (κ1) is 17.5. The van der Waals surface area contributed by atoms with E-state index in [-0.39, 0.29) is 11.5 Å². The van der Waals surface area contributed by atoms with Crippen molar-refractivity contribution in [2.75, 3.05) is 11.4 Å². The lowest BCUT2D eigenvalue weighted by atomic mass is 9.87. The van der Waals surface area contributed by atoms with E-state index in [2.05, 4.69) is 111 Å². The molecule has 1 aliphatic heterocycles. The summed E-state index contributed by atoms with van der Waals surface area (Å²) < 4.78 is 0. The van der Waals surface area contributed by atoms with E-state index in [9.17, 15) is 0 Å². The van der Waals surface area contributed by atoms with Gasteiger partial charge in [0.25, 0.3) is 0 Å². The number of nitrogens with zero attached hydrogens (tertiary/aromatic N) is 2. The van der Waals surface area contributed by atoms with Gasteiger partial charge in [-0.05, 0) is 28.7 Å². The molecule has 0 fully saturated rings. The molecule has 136 valence electrons. The molecular weight excluding hydrogens is 328 g/mol. The van der Waals surface area contributed by atoms with Crippen molar-refractivity contribution in [2.24, 2.45) is 4.99 Å². The highest BCUT2D eigenvalue weighted by Gasteiger charge is 2.28. The molecule has 0 amide bonds. The first-order valence-corrected chi connectivity index (χ1v) is 9.58. The molecule has 2 nitrogen and oxygen atoms in total. The summed E-state index contributed by atoms with van der Waals surface area (Å²) in [4.78, 5) is 7.45. The van der Waals surface area contributed by atoms with E-state index in [1.807, 2.05) is 0 Å². The van der Waals surface area contributed by atoms with Crippen molar-refractivity contribution in [3.05, 3.63) is 102 Å². The fourth-order valence-electron chi connectivity index (χ4n) is 3.56. The Morgan fingerprint density at radius 2 is 1.37 bits per heavy atom. The lowest BCUT2D eigenvalue weighted by Crippen LogP contribution is -2.28. The van der Waals surface area contributed by atoms with Crippen LogP contribution in [0.3, 0.4) is 0 Å². The Bertz CT molecular complexity index is 920. The van der Waals surface area contributed by atoms with E-state index in [0.29, 0.717) is 0 Å². The van der Waals surface area contributed by atoms with Gasteiger partial charge in [-0.25, -0.2) is 0 Å². The molecule has 0 saturated heterocycles. The smallest absolute Gasteiger partial charge is 0.136 e. The molecule has 0 N–H and O–H groups in total. The Hall–Kier alpha value is -2.87. The van der Waals surface area contributed by atoms with Gasteiger partial charge in [-0.15, -0.1) is 0 Å². The summed E-state index contributed by atoms with van der Waals surface area (Å²) >= 11 is 0. The molecule has 0 bridgehead atoms. The molecule has 0 saturated carbocycles. The van der Waals surface area contributed by atoms with Crippen molar-refractivity contribution in [2.45, 2.75) is 32.2 Å². The Labute approximate surface area is 162 Å². The summed E-state index contributed by atoms with van der Waals surface area (Å²) in [5.74, 6) is 1.05. The molecule has 1 unspecified atom stereocenters. The van der Waals surface area contributed by atoms with Gasteiger partial charge in [0.2, 0.25) is 0 Å². The van der Waals surface area contributed by atoms with Gasteiger partial charge in [-0.1, -0.05) is 93.6 Å². The molecule has 0 aromatic heterocycles. The van der Waals surface area contributed by atoms with Crippen LogP contribution >= 0.6 is 0 Å². The lowest BCUT2D eigenvalue weighted by molar-refractivity contribution is 0.590. The first-order chi connectivity index (χ1) is 13.0. The van der Waals surface area contributed by atoms with Crippen LogP contribution in [0.1, 0.15) is 43.5 Å². The molecule has 4 rings (SSSR count). The summed E-state index contributed by atoms with van der Waals surface area (Å²) in [5, 5.41) is 0. The number of rotatable bonds is 3. The summed E-state index contributed by atoms with van der Waals surface area (Å²) in [5.41, 5.74) is 5.13. The minimum absolute atomic E-state index is 0.156. The van der Waals surface area contributed by atoms with Crippen molar-refractivity contribution in [3.8, 4) is 0 Å². The Kier molecular flexibility index (Phi) is 4.57. The van der Waals surface area contributed by atoms with Crippen molar-refractivity contribution < 1.29 is 0 Å². The van der Waals surface area contributed by atoms with Gasteiger partial charge >= 0.3 is 0 Å². The number of amidine groups is 1. The van der Waals surface area contributed by atoms with E-state index in [1.165, 1.54) is 16.8 Å². The van der Waals surface area contributed by atoms with Crippen molar-refractivity contribution in [3.63, 3.8) is 0 Å². The van der Waals surface area contributed by atoms with Crippen molar-refractivity contribution in [1.82, 2.24) is 0 Å². The van der Waals surface area contributed by atoms with Crippen LogP contribution in [0, 0.1) is 0 Å². The molecule has 0 radical (unpaired) electrons. The van der Waals surface area contributed by atoms with Gasteiger partial charge in [0.05, 0.1) is 12.6 Å². The number of anilines is 1. The topological polar surface area (TPSA) is 15.6 Å². The highest BCUT2D eigenvalue weighted by molar-refractivity contribution is 6.11. The quantitative estimate of drug-likeness (QED) is 0.564. The number of benzene rings is 3. The molecule has 0 spiro atoms. The molecule has 1 heterocycles. The largest absolute Gasteiger partial charge is 0.324 e. The summed E-state index contributed by atoms with van der Waals surface area (Å²) in [6.07, 6.45) is 0. The highest BCUT2D eigenvalue weighted by atomic mass is 15.3. The Balaban J connectivity index is 1.71. The first-order valence-electron chi connectivity index (χ1n) is 9.58. The van der Waals surface area contributed by atoms with Gasteiger partial charge in [0.1, 0.15) is 5.84 Å². The average Bonchev–Trinajstić information content (AvgIpc) is 3.14. The highest BCUT2D eigenvalue weighted by Crippen LogP contribution is 2.32. The molecule has 3 aromatic rings. The monoisotopic (exact) mass is 354 g/mol. The SMILES string of the molecule is CC(C)(C)c1ccc(N2CC(c3ccccc3)N=C2c2ccccc2)cc1. The molecular formula is C25H26N2. The summed E-state index contributed by atoms with van der Waals surface area (Å²) in [6.45, 7) is 7.61. The molecule has 1 aliphatic rings. The molecule has 2 heteroatoms. The van der Waals surface area contributed by atoms with Crippen LogP contribution in [0.25, 0.3) is 0 Å². The maximum absolute atomic E-state index is 5.10. The third kappa shape index (κ3) is 3.66. The van der Waals surface area contributed by atoms with Crippen LogP contribution in [-0.2, 0) is 5.41 Å². The van der Waals surface area contributed by atoms with Gasteiger partial charge in [-0.3, -0.25) is 4.99 Å². The second-order valence-corrected chi connectivity index (χ2v) is 8.15. The summed E-state index contributed by atoms with van der Waals surface area (Å²) in [6, 6.07) is 30.2. The number of aliphatic imine (C=N–C) groups is 1. The Morgan fingerprint density at radius 1 is 0.778 bits per heavy atom. The third-order valence-electron chi connectivity index (χ3n) is 5.15. The fraction of sp³-hybridized carbons (Fsp3) is 0.240. The van der Waals surface area contributed by atoms with Crippen molar-refractivity contribution in [1.29, 1.82) is 0 Å². The second kappa shape index (κ2) is 7.03. The minimum atomic E-state index is 0.156. The van der Waals surface area contributed by atoms with Gasteiger partial charge < -0.3 is 4.90 Å². The standard InChI is InChI=1S/C25H26N2/c1-25(2,3)21-14-16-22(17-15-21)27-18-23(19-10-6-4-7-11-19)26-24(27)20-12-8-5-9-13-20/h4-17,23H,18H2,1-3H3. The second-order valence-electron chi connectivity index (χ2n) is 8.15. The van der Waals surface area contributed by atoms with Gasteiger partial charge in [-0.2, -0.15) is 0 Å². The van der Waals surface area contributed by atoms with Crippen LogP contribution in [0.5, 0.6) is 0 Å². The van der Waals surface area contributed by atoms with Gasteiger partial charge in [0, 0.05) is 11.3 Å². The molecule has 0 aliphatic carbocycles. The molecule has 3 aromatic carbocycles. The fourth-order valence-corrected chi connectivity index (χ4v) is 3.56. The average molecular weight is 354 g/mol. The minimum Gasteiger partial charge on any atom is -0.324 e. The van der Waals surface area contributed by atoms with Crippen LogP contribution < -0.4 is 4.90 Å². The zero-order chi connectivity index (χ0) is 18.9. The van der Waals surface area contributed by atoms with E-state index in [4.69, 9.17) is 4.99 Å². The normalized spacial score (nSPS) is 17.1. The van der Waals surface area contributed by atoms with Crippen LogP contribution in [-0.4, -0.2) is 12.4 Å². The van der Waals surface area contributed by atoms with E-state index < -0.39 is 0 Å². The van der Waals surface area contributed by atoms with Crippen molar-refractivity contribution >= 4 is 11.5 Å². The molecule has 1 atom stereocenters. The summed E-state index contributed by atoms with van der Waals surface area (Å²) in [7, 11) is 0. The van der Waals surface area contributed by atoms with E-state index in [1.54, 1.807) is 0 Å². The zero-order valence-electron chi connectivity index (χ0n) is 16.3. The van der Waals surface area contributed by atoms with E-state index >= 15 is 0 Å². The third-order valence-corrected chi connectivity index (χ3v) is 5.15. The predicted octanol–water partition coefficient (Wildman–Crippen LogP) is 5.99. The maximum Gasteiger partial charge on any atom is 0.136 e. The number of hydrogen-bond donors (Lipinski definition) is 0. The van der Waals surface area contributed by atoms with Crippen LogP contribution in [0.2, 0.25) is 0 Å². The lowest BCUT2D eigenvalue weighted by Gasteiger charge is -2.24. The molecule has 27 heavy (non-hydrogen) atoms. The van der Waals surface area contributed by atoms with Crippen LogP contribution in [0.15, 0.2) is 89.9 Å². The van der Waals surface area contributed by atoms with E-state index in [0.717, 1.165) is 17.9 Å². The Morgan fingerprint density at radius 3 is 1.96 bits per heavy atom.